The Balaban J connectivity index is 0.000000572. The van der Waals surface area contributed by atoms with Gasteiger partial charge in [0.25, 0.3) is 0 Å². The average molecular weight is 509 g/mol. The number of aliphatic carboxylic acids is 1. The Bertz CT molecular complexity index is 1020. The molecule has 0 atom stereocenters. The van der Waals surface area contributed by atoms with Crippen molar-refractivity contribution in [1.29, 1.82) is 0 Å². The van der Waals surface area contributed by atoms with Crippen LogP contribution in [0, 0.1) is 5.92 Å². The van der Waals surface area contributed by atoms with E-state index in [0.29, 0.717) is 18.0 Å². The first-order valence-corrected chi connectivity index (χ1v) is 11.8. The Morgan fingerprint density at radius 1 is 1.03 bits per heavy atom. The highest BCUT2D eigenvalue weighted by Crippen LogP contribution is 2.29. The van der Waals surface area contributed by atoms with Crippen LogP contribution in [0.5, 0.6) is 0 Å². The van der Waals surface area contributed by atoms with Crippen molar-refractivity contribution in [3.05, 3.63) is 59.7 Å². The molecule has 3 N–H and O–H groups in total. The maximum atomic E-state index is 12.0. The fourth-order valence-electron chi connectivity index (χ4n) is 3.91. The molecule has 2 aromatic rings. The summed E-state index contributed by atoms with van der Waals surface area (Å²) in [7, 11) is 0. The number of rotatable bonds is 8. The Kier molecular flexibility index (Phi) is 10.8. The molecule has 1 aliphatic rings. The van der Waals surface area contributed by atoms with Gasteiger partial charge in [-0.05, 0) is 55.4 Å². The normalized spacial score (nSPS) is 13.9. The molecule has 1 saturated heterocycles. The minimum absolute atomic E-state index is 0.135. The molecule has 0 unspecified atom stereocenters. The van der Waals surface area contributed by atoms with Crippen LogP contribution in [0.3, 0.4) is 0 Å². The van der Waals surface area contributed by atoms with Crippen molar-refractivity contribution >= 4 is 29.2 Å². The summed E-state index contributed by atoms with van der Waals surface area (Å²) in [5, 5.41) is 19.5. The number of carbonyl (C=O) groups is 3. The molecule has 0 bridgehead atoms. The van der Waals surface area contributed by atoms with Crippen molar-refractivity contribution in [2.45, 2.75) is 51.6 Å². The van der Waals surface area contributed by atoms with Gasteiger partial charge in [-0.3, -0.25) is 4.79 Å². The highest BCUT2D eigenvalue weighted by Gasteiger charge is 2.38. The Hall–Kier alpha value is -3.56. The summed E-state index contributed by atoms with van der Waals surface area (Å²) in [6.07, 6.45) is 0.326. The fraction of sp³-hybridized carbons (Fsp3) is 0.423. The zero-order chi connectivity index (χ0) is 26.7. The van der Waals surface area contributed by atoms with Crippen LogP contribution in [0.4, 0.5) is 24.5 Å². The van der Waals surface area contributed by atoms with Gasteiger partial charge >= 0.3 is 18.1 Å². The number of nitrogens with zero attached hydrogens (tertiary/aromatic N) is 1. The van der Waals surface area contributed by atoms with Crippen molar-refractivity contribution in [2.24, 2.45) is 5.92 Å². The molecule has 196 valence electrons. The zero-order valence-corrected chi connectivity index (χ0v) is 20.1. The van der Waals surface area contributed by atoms with Crippen LogP contribution < -0.4 is 10.2 Å². The van der Waals surface area contributed by atoms with E-state index in [4.69, 9.17) is 9.90 Å². The van der Waals surface area contributed by atoms with Gasteiger partial charge in [-0.1, -0.05) is 43.7 Å². The smallest absolute Gasteiger partial charge is 0.478 e. The van der Waals surface area contributed by atoms with Gasteiger partial charge in [0.2, 0.25) is 5.91 Å². The summed E-state index contributed by atoms with van der Waals surface area (Å²) in [4.78, 5) is 34.9. The first-order valence-electron chi connectivity index (χ1n) is 11.8. The van der Waals surface area contributed by atoms with Crippen LogP contribution in [0.2, 0.25) is 0 Å². The number of carboxylic acid groups (broad SMARTS) is 2. The summed E-state index contributed by atoms with van der Waals surface area (Å²) in [6.45, 7) is 3.85. The number of anilines is 2. The number of aromatic carboxylic acids is 1. The summed E-state index contributed by atoms with van der Waals surface area (Å²) >= 11 is 0. The largest absolute Gasteiger partial charge is 0.490 e. The molecule has 1 aliphatic heterocycles. The predicted octanol–water partition coefficient (Wildman–Crippen LogP) is 5.61. The van der Waals surface area contributed by atoms with E-state index in [1.165, 1.54) is 5.56 Å². The van der Waals surface area contributed by atoms with Crippen molar-refractivity contribution in [1.82, 2.24) is 0 Å². The summed E-state index contributed by atoms with van der Waals surface area (Å²) in [5.41, 5.74) is 2.81. The second-order valence-corrected chi connectivity index (χ2v) is 8.61. The standard InChI is InChI=1S/C24H30N2O3.C2HF3O2/c1-2-3-9-23(27)25-22-11-10-20(17-21(22)24(28)29)26-14-12-19(13-15-26)16-18-7-5-4-6-8-18;3-2(4,5)1(6)7/h4-8,10-11,17,19H,2-3,9,12-16H2,1H3,(H,25,27)(H,28,29);(H,6,7). The highest BCUT2D eigenvalue weighted by atomic mass is 19.4. The highest BCUT2D eigenvalue weighted by molar-refractivity contribution is 6.01. The second-order valence-electron chi connectivity index (χ2n) is 8.61. The van der Waals surface area contributed by atoms with E-state index >= 15 is 0 Å². The molecule has 0 radical (unpaired) electrons. The Labute approximate surface area is 207 Å². The summed E-state index contributed by atoms with van der Waals surface area (Å²) in [5.74, 6) is -3.25. The molecule has 3 rings (SSSR count). The maximum absolute atomic E-state index is 12.0. The molecule has 0 spiro atoms. The number of hydrogen-bond acceptors (Lipinski definition) is 4. The third kappa shape index (κ3) is 9.24. The first kappa shape index (κ1) is 28.7. The molecular formula is C26H31F3N2O5. The number of alkyl halides is 3. The van der Waals surface area contributed by atoms with Crippen molar-refractivity contribution in [2.75, 3.05) is 23.3 Å². The van der Waals surface area contributed by atoms with Crippen molar-refractivity contribution < 1.29 is 37.8 Å². The van der Waals surface area contributed by atoms with Gasteiger partial charge in [0, 0.05) is 25.2 Å². The SMILES string of the molecule is CCCCC(=O)Nc1ccc(N2CCC(Cc3ccccc3)CC2)cc1C(=O)O.O=C(O)C(F)(F)F. The Morgan fingerprint density at radius 2 is 1.64 bits per heavy atom. The first-order chi connectivity index (χ1) is 17.0. The second kappa shape index (κ2) is 13.5. The molecule has 7 nitrogen and oxygen atoms in total. The molecule has 36 heavy (non-hydrogen) atoms. The van der Waals surface area contributed by atoms with E-state index in [0.717, 1.165) is 50.9 Å². The van der Waals surface area contributed by atoms with Crippen LogP contribution in [-0.4, -0.2) is 47.3 Å². The summed E-state index contributed by atoms with van der Waals surface area (Å²) in [6, 6.07) is 15.9. The number of carbonyl (C=O) groups excluding carboxylic acids is 1. The lowest BCUT2D eigenvalue weighted by Gasteiger charge is -2.34. The number of nitrogens with one attached hydrogen (secondary N) is 1. The maximum Gasteiger partial charge on any atom is 0.490 e. The van der Waals surface area contributed by atoms with E-state index in [1.54, 1.807) is 12.1 Å². The van der Waals surface area contributed by atoms with Gasteiger partial charge in [-0.2, -0.15) is 13.2 Å². The van der Waals surface area contributed by atoms with E-state index < -0.39 is 18.1 Å². The third-order valence-corrected chi connectivity index (χ3v) is 5.85. The monoisotopic (exact) mass is 508 g/mol. The number of benzene rings is 2. The molecule has 0 aromatic heterocycles. The van der Waals surface area contributed by atoms with Crippen LogP contribution >= 0.6 is 0 Å². The summed E-state index contributed by atoms with van der Waals surface area (Å²) < 4.78 is 31.7. The topological polar surface area (TPSA) is 107 Å². The number of carboxylic acids is 2. The van der Waals surface area contributed by atoms with Crippen LogP contribution in [0.25, 0.3) is 0 Å². The number of unbranched alkanes of at least 4 members (excludes halogenated alkanes) is 1. The number of amides is 1. The zero-order valence-electron chi connectivity index (χ0n) is 20.1. The van der Waals surface area contributed by atoms with Gasteiger partial charge < -0.3 is 20.4 Å². The lowest BCUT2D eigenvalue weighted by atomic mass is 9.90. The molecule has 1 fully saturated rings. The molecular weight excluding hydrogens is 477 g/mol. The molecule has 0 aliphatic carbocycles. The van der Waals surface area contributed by atoms with Crippen molar-refractivity contribution in [3.8, 4) is 0 Å². The number of halogens is 3. The van der Waals surface area contributed by atoms with Gasteiger partial charge in [-0.15, -0.1) is 0 Å². The van der Waals surface area contributed by atoms with E-state index in [1.807, 2.05) is 19.1 Å². The van der Waals surface area contributed by atoms with Gasteiger partial charge in [-0.25, -0.2) is 9.59 Å². The molecule has 10 heteroatoms. The number of piperidine rings is 1. The van der Waals surface area contributed by atoms with E-state index in [-0.39, 0.29) is 11.5 Å². The molecule has 1 heterocycles. The van der Waals surface area contributed by atoms with Gasteiger partial charge in [0.05, 0.1) is 11.3 Å². The fourth-order valence-corrected chi connectivity index (χ4v) is 3.91. The minimum Gasteiger partial charge on any atom is -0.478 e. The Morgan fingerprint density at radius 3 is 2.17 bits per heavy atom. The minimum atomic E-state index is -5.08. The molecule has 2 aromatic carbocycles. The molecule has 0 saturated carbocycles. The van der Waals surface area contributed by atoms with Crippen molar-refractivity contribution in [3.63, 3.8) is 0 Å². The van der Waals surface area contributed by atoms with Gasteiger partial charge in [0.15, 0.2) is 0 Å². The van der Waals surface area contributed by atoms with Crippen LogP contribution in [0.15, 0.2) is 48.5 Å². The van der Waals surface area contributed by atoms with Gasteiger partial charge in [0.1, 0.15) is 0 Å². The lowest BCUT2D eigenvalue weighted by molar-refractivity contribution is -0.192. The quantitative estimate of drug-likeness (QED) is 0.428. The average Bonchev–Trinajstić information content (AvgIpc) is 2.84. The lowest BCUT2D eigenvalue weighted by Crippen LogP contribution is -2.34. The van der Waals surface area contributed by atoms with Crippen LogP contribution in [0.1, 0.15) is 54.9 Å². The van der Waals surface area contributed by atoms with Crippen LogP contribution in [-0.2, 0) is 16.0 Å². The predicted molar refractivity (Wildman–Crippen MR) is 130 cm³/mol. The third-order valence-electron chi connectivity index (χ3n) is 5.85. The van der Waals surface area contributed by atoms with E-state index in [9.17, 15) is 27.9 Å². The molecule has 1 amide bonds. The number of hydrogen-bond donors (Lipinski definition) is 3. The van der Waals surface area contributed by atoms with E-state index in [2.05, 4.69) is 34.5 Å².